The average Bonchev–Trinajstić information content (AvgIpc) is 3.07. The number of carbonyl (C=O) groups is 1. The minimum absolute atomic E-state index is 0.0954. The molecule has 5 N–H and O–H groups in total. The quantitative estimate of drug-likeness (QED) is 0.336. The van der Waals surface area contributed by atoms with Crippen LogP contribution in [0.2, 0.25) is 0 Å². The lowest BCUT2D eigenvalue weighted by Gasteiger charge is -2.76. The summed E-state index contributed by atoms with van der Waals surface area (Å²) in [7, 11) is 0. The lowest BCUT2D eigenvalue weighted by Crippen LogP contribution is -2.80. The van der Waals surface area contributed by atoms with Crippen molar-refractivity contribution in [3.63, 3.8) is 0 Å². The van der Waals surface area contributed by atoms with Crippen LogP contribution in [0.3, 0.4) is 0 Å². The Labute approximate surface area is 221 Å². The number of hydrogen-bond donors (Lipinski definition) is 5. The zero-order valence-corrected chi connectivity index (χ0v) is 23.4. The van der Waals surface area contributed by atoms with E-state index in [9.17, 15) is 30.3 Å². The number of aliphatic hydroxyl groups is 5. The third-order valence-electron chi connectivity index (χ3n) is 14.6. The first-order valence-corrected chi connectivity index (χ1v) is 14.7. The first-order valence-electron chi connectivity index (χ1n) is 14.7. The Balaban J connectivity index is 1.54. The molecule has 1 saturated heterocycles. The number of rotatable bonds is 1. The van der Waals surface area contributed by atoms with Gasteiger partial charge in [-0.1, -0.05) is 41.5 Å². The van der Waals surface area contributed by atoms with Crippen molar-refractivity contribution in [3.8, 4) is 0 Å². The molecule has 6 fully saturated rings. The fourth-order valence-corrected chi connectivity index (χ4v) is 12.2. The zero-order chi connectivity index (χ0) is 27.1. The summed E-state index contributed by atoms with van der Waals surface area (Å²) in [6.07, 6.45) is 0.559. The van der Waals surface area contributed by atoms with Gasteiger partial charge in [0.15, 0.2) is 0 Å². The number of hydrogen-bond acceptors (Lipinski definition) is 7. The number of esters is 1. The van der Waals surface area contributed by atoms with Crippen molar-refractivity contribution in [1.29, 1.82) is 0 Å². The molecule has 6 rings (SSSR count). The van der Waals surface area contributed by atoms with Crippen LogP contribution in [0, 0.1) is 56.7 Å². The van der Waals surface area contributed by atoms with Crippen LogP contribution in [0.25, 0.3) is 0 Å². The molecule has 1 heterocycles. The highest BCUT2D eigenvalue weighted by Crippen LogP contribution is 2.80. The molecule has 0 aromatic carbocycles. The van der Waals surface area contributed by atoms with Crippen molar-refractivity contribution in [3.05, 3.63) is 0 Å². The molecule has 6 aliphatic rings. The van der Waals surface area contributed by atoms with Crippen LogP contribution in [-0.2, 0) is 9.53 Å². The predicted molar refractivity (Wildman–Crippen MR) is 136 cm³/mol. The lowest BCUT2D eigenvalue weighted by molar-refractivity contribution is -0.348. The summed E-state index contributed by atoms with van der Waals surface area (Å²) in [6, 6.07) is 0. The van der Waals surface area contributed by atoms with Crippen LogP contribution >= 0.6 is 0 Å². The summed E-state index contributed by atoms with van der Waals surface area (Å²) in [6.45, 7) is 12.4. The molecule has 1 spiro atoms. The second-order valence-corrected chi connectivity index (χ2v) is 15.3. The third kappa shape index (κ3) is 2.57. The number of ether oxygens (including phenoxy) is 1. The largest absolute Gasteiger partial charge is 0.455 e. The first-order chi connectivity index (χ1) is 17.1. The van der Waals surface area contributed by atoms with Crippen molar-refractivity contribution in [1.82, 2.24) is 0 Å². The molecule has 210 valence electrons. The van der Waals surface area contributed by atoms with Crippen LogP contribution in [-0.4, -0.2) is 68.1 Å². The highest BCUT2D eigenvalue weighted by atomic mass is 16.6. The second-order valence-electron chi connectivity index (χ2n) is 15.3. The maximum atomic E-state index is 13.8. The average molecular weight is 521 g/mol. The summed E-state index contributed by atoms with van der Waals surface area (Å²) in [4.78, 5) is 13.8. The Bertz CT molecular complexity index is 1000. The van der Waals surface area contributed by atoms with Gasteiger partial charge in [0, 0.05) is 22.2 Å². The minimum atomic E-state index is -1.08. The van der Waals surface area contributed by atoms with Crippen LogP contribution in [0.4, 0.5) is 0 Å². The van der Waals surface area contributed by atoms with Gasteiger partial charge in [-0.05, 0) is 74.0 Å². The van der Waals surface area contributed by atoms with E-state index in [1.807, 2.05) is 6.92 Å². The molecule has 5 saturated carbocycles. The van der Waals surface area contributed by atoms with Gasteiger partial charge in [0.05, 0.1) is 36.4 Å². The molecule has 0 aromatic heterocycles. The van der Waals surface area contributed by atoms with Crippen molar-refractivity contribution < 1.29 is 35.1 Å². The number of carbonyl (C=O) groups excluding carboxylic acids is 1. The Hall–Kier alpha value is -0.730. The van der Waals surface area contributed by atoms with Crippen molar-refractivity contribution in [2.75, 3.05) is 6.61 Å². The zero-order valence-electron chi connectivity index (χ0n) is 23.4. The molecule has 2 bridgehead atoms. The van der Waals surface area contributed by atoms with Gasteiger partial charge in [-0.15, -0.1) is 0 Å². The predicted octanol–water partition coefficient (Wildman–Crippen LogP) is 2.65. The summed E-state index contributed by atoms with van der Waals surface area (Å²) < 4.78 is 6.55. The Morgan fingerprint density at radius 1 is 0.919 bits per heavy atom. The highest BCUT2D eigenvalue weighted by molar-refractivity contribution is 5.82. The number of fused-ring (bicyclic) bond motifs is 4. The van der Waals surface area contributed by atoms with E-state index in [0.29, 0.717) is 38.0 Å². The van der Waals surface area contributed by atoms with Crippen molar-refractivity contribution in [2.45, 2.75) is 117 Å². The van der Waals surface area contributed by atoms with E-state index in [-0.39, 0.29) is 36.2 Å². The smallest absolute Gasteiger partial charge is 0.313 e. The molecule has 7 heteroatoms. The molecule has 0 amide bonds. The molecule has 1 aliphatic heterocycles. The molecule has 5 aliphatic carbocycles. The SMILES string of the molecule is C[C@H]1[C@H](C)CC[C@@]23CC[C@@]4(C)[C@@]5(C)[C@H](C[C@@H](O)[C@]4(OC2=O)[C@H]13)[C@@]1(C)C[C@@H](O)[C@@H](O)[C@](C)(CO)[C@@H]1C[C@@H]5O. The molecular weight excluding hydrogens is 472 g/mol. The lowest BCUT2D eigenvalue weighted by atomic mass is 9.29. The monoisotopic (exact) mass is 520 g/mol. The van der Waals surface area contributed by atoms with E-state index >= 15 is 0 Å². The molecule has 15 atom stereocenters. The molecular formula is C30H48O7. The first kappa shape index (κ1) is 26.5. The van der Waals surface area contributed by atoms with E-state index < -0.39 is 57.1 Å². The van der Waals surface area contributed by atoms with E-state index in [1.165, 1.54) is 0 Å². The van der Waals surface area contributed by atoms with Crippen LogP contribution < -0.4 is 0 Å². The number of aliphatic hydroxyl groups excluding tert-OH is 5. The molecule has 37 heavy (non-hydrogen) atoms. The van der Waals surface area contributed by atoms with Crippen molar-refractivity contribution in [2.24, 2.45) is 56.7 Å². The van der Waals surface area contributed by atoms with E-state index in [4.69, 9.17) is 4.74 Å². The Morgan fingerprint density at radius 3 is 2.22 bits per heavy atom. The maximum absolute atomic E-state index is 13.8. The minimum Gasteiger partial charge on any atom is -0.455 e. The molecule has 0 aromatic rings. The van der Waals surface area contributed by atoms with Gasteiger partial charge in [0.2, 0.25) is 0 Å². The molecule has 7 nitrogen and oxygen atoms in total. The summed E-state index contributed by atoms with van der Waals surface area (Å²) >= 11 is 0. The second kappa shape index (κ2) is 7.51. The molecule has 0 unspecified atom stereocenters. The summed E-state index contributed by atoms with van der Waals surface area (Å²) in [5.41, 5.74) is -4.46. The van der Waals surface area contributed by atoms with Gasteiger partial charge >= 0.3 is 5.97 Å². The van der Waals surface area contributed by atoms with Gasteiger partial charge in [0.25, 0.3) is 0 Å². The maximum Gasteiger partial charge on any atom is 0.313 e. The summed E-state index contributed by atoms with van der Waals surface area (Å²) in [5, 5.41) is 56.9. The highest BCUT2D eigenvalue weighted by Gasteiger charge is 2.85. The normalized spacial score (nSPS) is 64.6. The van der Waals surface area contributed by atoms with Gasteiger partial charge in [-0.3, -0.25) is 4.79 Å². The van der Waals surface area contributed by atoms with Crippen LogP contribution in [0.1, 0.15) is 86.5 Å². The Kier molecular flexibility index (Phi) is 5.38. The van der Waals surface area contributed by atoms with E-state index in [2.05, 4.69) is 34.6 Å². The van der Waals surface area contributed by atoms with E-state index in [0.717, 1.165) is 12.8 Å². The van der Waals surface area contributed by atoms with Crippen LogP contribution in [0.5, 0.6) is 0 Å². The fraction of sp³-hybridized carbons (Fsp3) is 0.967. The molecule has 0 radical (unpaired) electrons. The summed E-state index contributed by atoms with van der Waals surface area (Å²) in [5.74, 6) is -0.0354. The topological polar surface area (TPSA) is 127 Å². The van der Waals surface area contributed by atoms with E-state index in [1.54, 1.807) is 0 Å². The fourth-order valence-electron chi connectivity index (χ4n) is 12.2. The van der Waals surface area contributed by atoms with Crippen molar-refractivity contribution >= 4 is 5.97 Å². The third-order valence-corrected chi connectivity index (χ3v) is 14.6. The van der Waals surface area contributed by atoms with Gasteiger partial charge in [-0.2, -0.15) is 0 Å². The van der Waals surface area contributed by atoms with Gasteiger partial charge in [0.1, 0.15) is 5.60 Å². The Morgan fingerprint density at radius 2 is 1.57 bits per heavy atom. The van der Waals surface area contributed by atoms with Crippen LogP contribution in [0.15, 0.2) is 0 Å². The van der Waals surface area contributed by atoms with Gasteiger partial charge in [-0.25, -0.2) is 0 Å². The van der Waals surface area contributed by atoms with Gasteiger partial charge < -0.3 is 30.3 Å². The standard InChI is InChI=1S/C30H48O7/c1-15-7-8-29-10-9-27(5)28(6)19(12-21(34)30(27,37-24(29)36)22(29)16(15)2)25(3)13-17(32)23(35)26(4,14-31)18(25)11-20(28)33/h15-23,31-35H,7-14H2,1-6H3/t15-,16+,17-,18-,19-,20+,21-,22-,23-,25+,26-,27+,28+,29+,30+/m1/s1.